The molecule has 92 valence electrons. The van der Waals surface area contributed by atoms with Gasteiger partial charge in [0, 0.05) is 25.7 Å². The van der Waals surface area contributed by atoms with Crippen molar-refractivity contribution < 1.29 is 9.53 Å². The highest BCUT2D eigenvalue weighted by Gasteiger charge is 2.38. The van der Waals surface area contributed by atoms with E-state index in [0.29, 0.717) is 12.0 Å². The zero-order valence-corrected chi connectivity index (χ0v) is 10.2. The van der Waals surface area contributed by atoms with Gasteiger partial charge in [0.15, 0.2) is 0 Å². The average Bonchev–Trinajstić information content (AvgIpc) is 2.87. The van der Waals surface area contributed by atoms with E-state index in [0.717, 1.165) is 39.0 Å². The van der Waals surface area contributed by atoms with E-state index < -0.39 is 0 Å². The number of nitrogens with zero attached hydrogens (tertiary/aromatic N) is 1. The van der Waals surface area contributed by atoms with Crippen molar-refractivity contribution in [3.05, 3.63) is 0 Å². The average molecular weight is 226 g/mol. The molecule has 4 heteroatoms. The number of nitrogens with one attached hydrogen (secondary N) is 1. The van der Waals surface area contributed by atoms with E-state index in [1.807, 2.05) is 11.9 Å². The number of ether oxygens (including phenoxy) is 1. The van der Waals surface area contributed by atoms with Gasteiger partial charge in [-0.2, -0.15) is 0 Å². The lowest BCUT2D eigenvalue weighted by atomic mass is 10.0. The van der Waals surface area contributed by atoms with Crippen LogP contribution in [0.2, 0.25) is 0 Å². The number of amides is 1. The highest BCUT2D eigenvalue weighted by molar-refractivity contribution is 5.82. The SMILES string of the molecule is CNCC1CCCN1C(=O)C1OCCC1C. The molecular formula is C12H22N2O2. The second-order valence-electron chi connectivity index (χ2n) is 4.94. The summed E-state index contributed by atoms with van der Waals surface area (Å²) in [6.45, 7) is 4.64. The lowest BCUT2D eigenvalue weighted by Crippen LogP contribution is -2.46. The number of hydrogen-bond acceptors (Lipinski definition) is 3. The van der Waals surface area contributed by atoms with Crippen LogP contribution in [0.5, 0.6) is 0 Å². The van der Waals surface area contributed by atoms with Crippen LogP contribution in [0.1, 0.15) is 26.2 Å². The number of carbonyl (C=O) groups is 1. The Kier molecular flexibility index (Phi) is 3.82. The fraction of sp³-hybridized carbons (Fsp3) is 0.917. The summed E-state index contributed by atoms with van der Waals surface area (Å²) >= 11 is 0. The van der Waals surface area contributed by atoms with Crippen molar-refractivity contribution in [2.24, 2.45) is 5.92 Å². The summed E-state index contributed by atoms with van der Waals surface area (Å²) in [5.74, 6) is 0.589. The lowest BCUT2D eigenvalue weighted by Gasteiger charge is -2.28. The van der Waals surface area contributed by atoms with Crippen LogP contribution in [0.25, 0.3) is 0 Å². The largest absolute Gasteiger partial charge is 0.368 e. The molecule has 0 bridgehead atoms. The Morgan fingerprint density at radius 1 is 1.50 bits per heavy atom. The van der Waals surface area contributed by atoms with Gasteiger partial charge in [0.1, 0.15) is 6.10 Å². The molecule has 2 aliphatic rings. The first-order valence-corrected chi connectivity index (χ1v) is 6.30. The molecule has 3 atom stereocenters. The van der Waals surface area contributed by atoms with Crippen molar-refractivity contribution in [1.29, 1.82) is 0 Å². The minimum absolute atomic E-state index is 0.183. The standard InChI is InChI=1S/C12H22N2O2/c1-9-5-7-16-11(9)12(15)14-6-3-4-10(14)8-13-2/h9-11,13H,3-8H2,1-2H3. The van der Waals surface area contributed by atoms with Gasteiger partial charge in [0.05, 0.1) is 0 Å². The van der Waals surface area contributed by atoms with E-state index >= 15 is 0 Å². The molecule has 0 radical (unpaired) electrons. The first-order chi connectivity index (χ1) is 7.74. The minimum Gasteiger partial charge on any atom is -0.368 e. The Bertz CT molecular complexity index is 257. The van der Waals surface area contributed by atoms with Crippen LogP contribution in [0.3, 0.4) is 0 Å². The van der Waals surface area contributed by atoms with Gasteiger partial charge in [0.2, 0.25) is 0 Å². The van der Waals surface area contributed by atoms with Gasteiger partial charge in [-0.25, -0.2) is 0 Å². The molecule has 0 aromatic rings. The Morgan fingerprint density at radius 2 is 2.31 bits per heavy atom. The molecule has 0 aromatic carbocycles. The van der Waals surface area contributed by atoms with Gasteiger partial charge >= 0.3 is 0 Å². The number of carbonyl (C=O) groups excluding carboxylic acids is 1. The lowest BCUT2D eigenvalue weighted by molar-refractivity contribution is -0.143. The first-order valence-electron chi connectivity index (χ1n) is 6.30. The maximum Gasteiger partial charge on any atom is 0.252 e. The molecule has 2 heterocycles. The molecule has 2 rings (SSSR count). The number of rotatable bonds is 3. The van der Waals surface area contributed by atoms with E-state index in [2.05, 4.69) is 12.2 Å². The molecule has 2 saturated heterocycles. The predicted molar refractivity (Wildman–Crippen MR) is 62.2 cm³/mol. The summed E-state index contributed by atoms with van der Waals surface area (Å²) in [5, 5.41) is 3.16. The van der Waals surface area contributed by atoms with Crippen LogP contribution in [0.15, 0.2) is 0 Å². The summed E-state index contributed by atoms with van der Waals surface area (Å²) in [5.41, 5.74) is 0. The molecule has 0 aromatic heterocycles. The minimum atomic E-state index is -0.183. The van der Waals surface area contributed by atoms with Crippen LogP contribution in [-0.2, 0) is 9.53 Å². The third-order valence-corrected chi connectivity index (χ3v) is 3.73. The van der Waals surface area contributed by atoms with Crippen LogP contribution in [-0.4, -0.2) is 49.7 Å². The second-order valence-corrected chi connectivity index (χ2v) is 4.94. The van der Waals surface area contributed by atoms with E-state index in [1.54, 1.807) is 0 Å². The normalized spacial score (nSPS) is 34.6. The Labute approximate surface area is 97.3 Å². The maximum absolute atomic E-state index is 12.3. The summed E-state index contributed by atoms with van der Waals surface area (Å²) in [7, 11) is 1.94. The van der Waals surface area contributed by atoms with Gasteiger partial charge in [-0.1, -0.05) is 6.92 Å². The highest BCUT2D eigenvalue weighted by atomic mass is 16.5. The van der Waals surface area contributed by atoms with Gasteiger partial charge < -0.3 is 15.0 Å². The van der Waals surface area contributed by atoms with E-state index in [-0.39, 0.29) is 12.0 Å². The zero-order valence-electron chi connectivity index (χ0n) is 10.2. The molecule has 2 aliphatic heterocycles. The quantitative estimate of drug-likeness (QED) is 0.767. The molecule has 0 saturated carbocycles. The second kappa shape index (κ2) is 5.15. The van der Waals surface area contributed by atoms with Crippen LogP contribution in [0, 0.1) is 5.92 Å². The van der Waals surface area contributed by atoms with Gasteiger partial charge in [-0.15, -0.1) is 0 Å². The summed E-state index contributed by atoms with van der Waals surface area (Å²) in [4.78, 5) is 14.3. The molecule has 3 unspecified atom stereocenters. The molecule has 2 fully saturated rings. The third kappa shape index (κ3) is 2.23. The van der Waals surface area contributed by atoms with Crippen LogP contribution >= 0.6 is 0 Å². The van der Waals surface area contributed by atoms with Crippen molar-refractivity contribution in [2.45, 2.75) is 38.3 Å². The number of hydrogen-bond donors (Lipinski definition) is 1. The Morgan fingerprint density at radius 3 is 2.94 bits per heavy atom. The highest BCUT2D eigenvalue weighted by Crippen LogP contribution is 2.25. The van der Waals surface area contributed by atoms with Crippen molar-refractivity contribution >= 4 is 5.91 Å². The van der Waals surface area contributed by atoms with Crippen LogP contribution < -0.4 is 5.32 Å². The smallest absolute Gasteiger partial charge is 0.252 e. The molecule has 0 aliphatic carbocycles. The Balaban J connectivity index is 1.97. The molecule has 0 spiro atoms. The molecular weight excluding hydrogens is 204 g/mol. The Hall–Kier alpha value is -0.610. The summed E-state index contributed by atoms with van der Waals surface area (Å²) in [6.07, 6.45) is 3.07. The fourth-order valence-electron chi connectivity index (χ4n) is 2.75. The topological polar surface area (TPSA) is 41.6 Å². The number of likely N-dealkylation sites (N-methyl/N-ethyl adjacent to an activating group) is 1. The monoisotopic (exact) mass is 226 g/mol. The molecule has 1 amide bonds. The van der Waals surface area contributed by atoms with Gasteiger partial charge in [-0.3, -0.25) is 4.79 Å². The molecule has 1 N–H and O–H groups in total. The molecule has 16 heavy (non-hydrogen) atoms. The van der Waals surface area contributed by atoms with Gasteiger partial charge in [-0.05, 0) is 32.2 Å². The predicted octanol–water partition coefficient (Wildman–Crippen LogP) is 0.622. The van der Waals surface area contributed by atoms with Crippen molar-refractivity contribution in [2.75, 3.05) is 26.7 Å². The first kappa shape index (κ1) is 11.9. The van der Waals surface area contributed by atoms with Crippen molar-refractivity contribution in [3.63, 3.8) is 0 Å². The van der Waals surface area contributed by atoms with E-state index in [9.17, 15) is 4.79 Å². The van der Waals surface area contributed by atoms with Crippen molar-refractivity contribution in [1.82, 2.24) is 10.2 Å². The number of likely N-dealkylation sites (tertiary alicyclic amines) is 1. The van der Waals surface area contributed by atoms with E-state index in [4.69, 9.17) is 4.74 Å². The maximum atomic E-state index is 12.3. The van der Waals surface area contributed by atoms with Gasteiger partial charge in [0.25, 0.3) is 5.91 Å². The fourth-order valence-corrected chi connectivity index (χ4v) is 2.75. The summed E-state index contributed by atoms with van der Waals surface area (Å²) < 4.78 is 5.55. The van der Waals surface area contributed by atoms with Crippen molar-refractivity contribution in [3.8, 4) is 0 Å². The summed E-state index contributed by atoms with van der Waals surface area (Å²) in [6, 6.07) is 0.369. The zero-order chi connectivity index (χ0) is 11.5. The van der Waals surface area contributed by atoms with Crippen LogP contribution in [0.4, 0.5) is 0 Å². The molecule has 4 nitrogen and oxygen atoms in total. The third-order valence-electron chi connectivity index (χ3n) is 3.73. The van der Waals surface area contributed by atoms with E-state index in [1.165, 1.54) is 0 Å².